The first-order valence-electron chi connectivity index (χ1n) is 11.2. The predicted molar refractivity (Wildman–Crippen MR) is 129 cm³/mol. The van der Waals surface area contributed by atoms with Crippen molar-refractivity contribution >= 4 is 22.7 Å². The van der Waals surface area contributed by atoms with E-state index in [0.29, 0.717) is 60.8 Å². The quantitative estimate of drug-likeness (QED) is 0.388. The lowest BCUT2D eigenvalue weighted by Gasteiger charge is -2.30. The molecule has 4 aromatic rings. The number of nitrogens with one attached hydrogen (secondary N) is 1. The Morgan fingerprint density at radius 2 is 2.03 bits per heavy atom. The summed E-state index contributed by atoms with van der Waals surface area (Å²) in [7, 11) is 4.80. The molecule has 0 spiro atoms. The molecular formula is C24H26FN7O3. The van der Waals surface area contributed by atoms with Crippen LogP contribution in [-0.4, -0.2) is 71.3 Å². The molecule has 1 fully saturated rings. The number of anilines is 2. The van der Waals surface area contributed by atoms with Gasteiger partial charge in [0.25, 0.3) is 0 Å². The van der Waals surface area contributed by atoms with Crippen molar-refractivity contribution in [2.45, 2.75) is 6.04 Å². The van der Waals surface area contributed by atoms with Crippen molar-refractivity contribution in [3.8, 4) is 22.8 Å². The third kappa shape index (κ3) is 4.73. The molecule has 0 aliphatic carbocycles. The van der Waals surface area contributed by atoms with Gasteiger partial charge < -0.3 is 24.4 Å². The standard InChI is InChI=1S/C24H26FN7O3/c1-31-12-15(10-28-31)19-11-27-18-4-5-22(30-24(18)29-19)32(7-6-26-16-13-35-14-16)20-8-17(33-2)9-21(34-3)23(20)25/h4-5,8-12,16,26H,6-7,13-14H2,1-3H3. The van der Waals surface area contributed by atoms with Gasteiger partial charge in [0, 0.05) is 44.0 Å². The van der Waals surface area contributed by atoms with Gasteiger partial charge in [0.2, 0.25) is 0 Å². The van der Waals surface area contributed by atoms with Gasteiger partial charge in [0.05, 0.1) is 57.3 Å². The first kappa shape index (κ1) is 22.9. The number of pyridine rings is 1. The highest BCUT2D eigenvalue weighted by molar-refractivity contribution is 5.77. The molecule has 0 radical (unpaired) electrons. The fraction of sp³-hybridized carbons (Fsp3) is 0.333. The summed E-state index contributed by atoms with van der Waals surface area (Å²) in [6.07, 6.45) is 5.27. The lowest BCUT2D eigenvalue weighted by atomic mass is 10.2. The molecule has 0 bridgehead atoms. The monoisotopic (exact) mass is 479 g/mol. The van der Waals surface area contributed by atoms with E-state index in [0.717, 1.165) is 5.56 Å². The Morgan fingerprint density at radius 3 is 2.71 bits per heavy atom. The summed E-state index contributed by atoms with van der Waals surface area (Å²) in [5.41, 5.74) is 2.86. The van der Waals surface area contributed by atoms with Crippen LogP contribution < -0.4 is 19.7 Å². The van der Waals surface area contributed by atoms with Crippen molar-refractivity contribution < 1.29 is 18.6 Å². The highest BCUT2D eigenvalue weighted by Crippen LogP contribution is 2.36. The molecule has 3 aromatic heterocycles. The molecule has 0 saturated carbocycles. The zero-order chi connectivity index (χ0) is 24.4. The summed E-state index contributed by atoms with van der Waals surface area (Å²) < 4.78 is 33.0. The number of aryl methyl sites for hydroxylation is 1. The first-order valence-corrected chi connectivity index (χ1v) is 11.2. The highest BCUT2D eigenvalue weighted by Gasteiger charge is 2.23. The van der Waals surface area contributed by atoms with Crippen molar-refractivity contribution in [1.82, 2.24) is 30.0 Å². The number of rotatable bonds is 9. The number of nitrogens with zero attached hydrogens (tertiary/aromatic N) is 6. The minimum Gasteiger partial charge on any atom is -0.497 e. The fourth-order valence-electron chi connectivity index (χ4n) is 3.84. The SMILES string of the molecule is COc1cc(OC)c(F)c(N(CCNC2COC2)c2ccc3ncc(-c4cnn(C)c4)nc3n2)c1. The molecule has 0 amide bonds. The third-order valence-electron chi connectivity index (χ3n) is 5.82. The van der Waals surface area contributed by atoms with E-state index in [1.165, 1.54) is 20.3 Å². The molecule has 35 heavy (non-hydrogen) atoms. The zero-order valence-electron chi connectivity index (χ0n) is 19.7. The fourth-order valence-corrected chi connectivity index (χ4v) is 3.84. The van der Waals surface area contributed by atoms with E-state index in [2.05, 4.69) is 20.4 Å². The summed E-state index contributed by atoms with van der Waals surface area (Å²) in [4.78, 5) is 15.7. The second-order valence-electron chi connectivity index (χ2n) is 8.17. The molecule has 0 atom stereocenters. The van der Waals surface area contributed by atoms with Crippen molar-refractivity contribution in [2.75, 3.05) is 45.4 Å². The van der Waals surface area contributed by atoms with Crippen LogP contribution in [0.5, 0.6) is 11.5 Å². The Morgan fingerprint density at radius 1 is 1.17 bits per heavy atom. The van der Waals surface area contributed by atoms with Crippen molar-refractivity contribution in [2.24, 2.45) is 7.05 Å². The van der Waals surface area contributed by atoms with Crippen LogP contribution in [0.25, 0.3) is 22.4 Å². The van der Waals surface area contributed by atoms with E-state index in [4.69, 9.17) is 19.2 Å². The lowest BCUT2D eigenvalue weighted by molar-refractivity contribution is -0.00444. The van der Waals surface area contributed by atoms with Gasteiger partial charge in [-0.15, -0.1) is 0 Å². The van der Waals surface area contributed by atoms with Gasteiger partial charge in [-0.3, -0.25) is 9.67 Å². The summed E-state index contributed by atoms with van der Waals surface area (Å²) in [5.74, 6) is 0.584. The topological polar surface area (TPSA) is 99.5 Å². The first-order chi connectivity index (χ1) is 17.1. The Bertz CT molecular complexity index is 1340. The van der Waals surface area contributed by atoms with E-state index in [9.17, 15) is 0 Å². The summed E-state index contributed by atoms with van der Waals surface area (Å²) >= 11 is 0. The van der Waals surface area contributed by atoms with Crippen LogP contribution in [0.15, 0.2) is 42.9 Å². The number of hydrogen-bond acceptors (Lipinski definition) is 9. The van der Waals surface area contributed by atoms with Gasteiger partial charge in [-0.05, 0) is 12.1 Å². The normalized spacial score (nSPS) is 13.6. The van der Waals surface area contributed by atoms with Crippen LogP contribution in [0.4, 0.5) is 15.9 Å². The second-order valence-corrected chi connectivity index (χ2v) is 8.17. The van der Waals surface area contributed by atoms with Gasteiger partial charge >= 0.3 is 0 Å². The van der Waals surface area contributed by atoms with Gasteiger partial charge in [0.15, 0.2) is 17.2 Å². The molecule has 5 rings (SSSR count). The summed E-state index contributed by atoms with van der Waals surface area (Å²) in [6.45, 7) is 2.37. The summed E-state index contributed by atoms with van der Waals surface area (Å²) in [6, 6.07) is 7.07. The van der Waals surface area contributed by atoms with Gasteiger partial charge in [-0.1, -0.05) is 0 Å². The smallest absolute Gasteiger partial charge is 0.188 e. The molecule has 1 aliphatic heterocycles. The van der Waals surface area contributed by atoms with Crippen molar-refractivity contribution in [1.29, 1.82) is 0 Å². The molecule has 11 heteroatoms. The minimum atomic E-state index is -0.502. The minimum absolute atomic E-state index is 0.0872. The van der Waals surface area contributed by atoms with Gasteiger partial charge in [0.1, 0.15) is 17.1 Å². The number of ether oxygens (including phenoxy) is 3. The number of aromatic nitrogens is 5. The maximum Gasteiger partial charge on any atom is 0.188 e. The molecule has 0 unspecified atom stereocenters. The Kier molecular flexibility index (Phi) is 6.43. The Balaban J connectivity index is 1.55. The van der Waals surface area contributed by atoms with Crippen LogP contribution in [-0.2, 0) is 11.8 Å². The molecule has 1 aromatic carbocycles. The van der Waals surface area contributed by atoms with Gasteiger partial charge in [-0.2, -0.15) is 5.10 Å². The van der Waals surface area contributed by atoms with Crippen LogP contribution in [0.1, 0.15) is 0 Å². The van der Waals surface area contributed by atoms with Crippen LogP contribution in [0.2, 0.25) is 0 Å². The molecule has 1 saturated heterocycles. The van der Waals surface area contributed by atoms with Crippen molar-refractivity contribution in [3.63, 3.8) is 0 Å². The predicted octanol–water partition coefficient (Wildman–Crippen LogP) is 2.71. The van der Waals surface area contributed by atoms with Gasteiger partial charge in [-0.25, -0.2) is 14.4 Å². The van der Waals surface area contributed by atoms with E-state index >= 15 is 4.39 Å². The lowest BCUT2D eigenvalue weighted by Crippen LogP contribution is -2.48. The molecular weight excluding hydrogens is 453 g/mol. The van der Waals surface area contributed by atoms with Crippen LogP contribution in [0, 0.1) is 5.82 Å². The Hall–Kier alpha value is -3.83. The maximum atomic E-state index is 15.5. The number of methoxy groups -OCH3 is 2. The molecule has 10 nitrogen and oxygen atoms in total. The highest BCUT2D eigenvalue weighted by atomic mass is 19.1. The number of halogens is 1. The van der Waals surface area contributed by atoms with Crippen LogP contribution >= 0.6 is 0 Å². The molecule has 4 heterocycles. The Labute approximate surface area is 201 Å². The maximum absolute atomic E-state index is 15.5. The number of hydrogen-bond donors (Lipinski definition) is 1. The molecule has 1 aliphatic rings. The number of fused-ring (bicyclic) bond motifs is 1. The van der Waals surface area contributed by atoms with Crippen molar-refractivity contribution in [3.05, 3.63) is 48.7 Å². The zero-order valence-corrected chi connectivity index (χ0v) is 19.7. The van der Waals surface area contributed by atoms with E-state index < -0.39 is 5.82 Å². The third-order valence-corrected chi connectivity index (χ3v) is 5.82. The van der Waals surface area contributed by atoms with E-state index in [-0.39, 0.29) is 11.4 Å². The molecule has 182 valence electrons. The van der Waals surface area contributed by atoms with E-state index in [1.807, 2.05) is 19.3 Å². The number of benzene rings is 1. The second kappa shape index (κ2) is 9.80. The largest absolute Gasteiger partial charge is 0.497 e. The average Bonchev–Trinajstić information content (AvgIpc) is 3.29. The average molecular weight is 480 g/mol. The van der Waals surface area contributed by atoms with E-state index in [1.54, 1.807) is 34.1 Å². The van der Waals surface area contributed by atoms with Crippen LogP contribution in [0.3, 0.4) is 0 Å². The molecule has 1 N–H and O–H groups in total. The summed E-state index contributed by atoms with van der Waals surface area (Å²) in [5, 5.41) is 7.62.